The number of rotatable bonds is 4. The lowest BCUT2D eigenvalue weighted by Gasteiger charge is -2.35. The molecule has 0 spiro atoms. The number of aromatic nitrogens is 4. The van der Waals surface area contributed by atoms with E-state index in [1.54, 1.807) is 24.5 Å². The van der Waals surface area contributed by atoms with Crippen LogP contribution in [0.15, 0.2) is 43.0 Å². The molecule has 0 aliphatic carbocycles. The summed E-state index contributed by atoms with van der Waals surface area (Å²) in [6.45, 7) is 6.48. The van der Waals surface area contributed by atoms with Crippen LogP contribution in [-0.4, -0.2) is 50.8 Å². The van der Waals surface area contributed by atoms with Crippen molar-refractivity contribution in [3.8, 4) is 11.3 Å². The van der Waals surface area contributed by atoms with Gasteiger partial charge in [0.1, 0.15) is 11.5 Å². The number of aryl methyl sites for hydroxylation is 2. The molecule has 27 heavy (non-hydrogen) atoms. The highest BCUT2D eigenvalue weighted by molar-refractivity contribution is 5.74. The number of benzene rings is 1. The van der Waals surface area contributed by atoms with Crippen molar-refractivity contribution in [3.05, 3.63) is 59.9 Å². The number of hydrogen-bond donors (Lipinski definition) is 0. The van der Waals surface area contributed by atoms with Gasteiger partial charge in [0.2, 0.25) is 0 Å². The lowest BCUT2D eigenvalue weighted by atomic mass is 10.0. The molecule has 2 aromatic heterocycles. The van der Waals surface area contributed by atoms with E-state index in [1.165, 1.54) is 11.6 Å². The van der Waals surface area contributed by atoms with Gasteiger partial charge in [0, 0.05) is 69.5 Å². The average molecular weight is 366 g/mol. The first-order valence-electron chi connectivity index (χ1n) is 9.12. The molecule has 7 heteroatoms. The summed E-state index contributed by atoms with van der Waals surface area (Å²) in [6.07, 6.45) is 7.40. The van der Waals surface area contributed by atoms with Crippen LogP contribution in [0.4, 0.5) is 10.2 Å². The first kappa shape index (κ1) is 17.6. The lowest BCUT2D eigenvalue weighted by Crippen LogP contribution is -2.46. The van der Waals surface area contributed by atoms with Crippen LogP contribution in [0.1, 0.15) is 11.1 Å². The van der Waals surface area contributed by atoms with Crippen molar-refractivity contribution in [2.24, 2.45) is 7.05 Å². The fraction of sp³-hybridized carbons (Fsp3) is 0.350. The number of halogens is 1. The quantitative estimate of drug-likeness (QED) is 0.711. The van der Waals surface area contributed by atoms with Crippen molar-refractivity contribution < 1.29 is 4.39 Å². The maximum absolute atomic E-state index is 13.5. The van der Waals surface area contributed by atoms with Gasteiger partial charge in [-0.2, -0.15) is 5.10 Å². The highest BCUT2D eigenvalue weighted by Crippen LogP contribution is 2.30. The van der Waals surface area contributed by atoms with E-state index in [-0.39, 0.29) is 5.82 Å². The third kappa shape index (κ3) is 3.83. The molecule has 3 aromatic rings. The molecule has 0 radical (unpaired) electrons. The van der Waals surface area contributed by atoms with Crippen molar-refractivity contribution in [2.45, 2.75) is 13.5 Å². The van der Waals surface area contributed by atoms with Gasteiger partial charge < -0.3 is 4.90 Å². The molecule has 0 amide bonds. The minimum atomic E-state index is -0.231. The molecular formula is C20H23FN6. The third-order valence-corrected chi connectivity index (χ3v) is 4.96. The Balaban J connectivity index is 1.50. The molecule has 0 unspecified atom stereocenters. The zero-order chi connectivity index (χ0) is 18.8. The summed E-state index contributed by atoms with van der Waals surface area (Å²) in [5.41, 5.74) is 3.84. The van der Waals surface area contributed by atoms with Crippen LogP contribution < -0.4 is 4.90 Å². The largest absolute Gasteiger partial charge is 0.352 e. The number of hydrogen-bond acceptors (Lipinski definition) is 5. The normalized spacial score (nSPS) is 15.3. The van der Waals surface area contributed by atoms with Gasteiger partial charge in [0.05, 0.1) is 6.20 Å². The van der Waals surface area contributed by atoms with Crippen molar-refractivity contribution in [3.63, 3.8) is 0 Å². The van der Waals surface area contributed by atoms with Crippen LogP contribution in [0.5, 0.6) is 0 Å². The SMILES string of the molecule is Cc1cc(F)ccc1-c1nccnc1N1CCN(Cc2cnn(C)c2)CC1. The monoisotopic (exact) mass is 366 g/mol. The zero-order valence-corrected chi connectivity index (χ0v) is 15.6. The predicted octanol–water partition coefficient (Wildman–Crippen LogP) is 2.65. The second-order valence-electron chi connectivity index (χ2n) is 6.97. The molecule has 0 N–H and O–H groups in total. The molecule has 0 saturated carbocycles. The summed E-state index contributed by atoms with van der Waals surface area (Å²) in [5.74, 6) is 0.638. The summed E-state index contributed by atoms with van der Waals surface area (Å²) in [6, 6.07) is 4.81. The molecule has 6 nitrogen and oxygen atoms in total. The Morgan fingerprint density at radius 2 is 1.85 bits per heavy atom. The molecule has 0 atom stereocenters. The van der Waals surface area contributed by atoms with Gasteiger partial charge in [-0.1, -0.05) is 0 Å². The molecule has 1 aliphatic rings. The predicted molar refractivity (Wildman–Crippen MR) is 103 cm³/mol. The lowest BCUT2D eigenvalue weighted by molar-refractivity contribution is 0.249. The third-order valence-electron chi connectivity index (χ3n) is 4.96. The second kappa shape index (κ2) is 7.44. The van der Waals surface area contributed by atoms with E-state index in [2.05, 4.69) is 31.1 Å². The summed E-state index contributed by atoms with van der Waals surface area (Å²) < 4.78 is 15.3. The summed E-state index contributed by atoms with van der Waals surface area (Å²) >= 11 is 0. The molecule has 3 heterocycles. The molecule has 1 saturated heterocycles. The van der Waals surface area contributed by atoms with E-state index in [1.807, 2.05) is 24.9 Å². The van der Waals surface area contributed by atoms with Gasteiger partial charge in [-0.25, -0.2) is 9.37 Å². The molecular weight excluding hydrogens is 343 g/mol. The Morgan fingerprint density at radius 3 is 2.56 bits per heavy atom. The van der Waals surface area contributed by atoms with Crippen LogP contribution >= 0.6 is 0 Å². The van der Waals surface area contributed by atoms with Crippen LogP contribution in [0.25, 0.3) is 11.3 Å². The highest BCUT2D eigenvalue weighted by atomic mass is 19.1. The standard InChI is InChI=1S/C20H23FN6/c1-15-11-17(21)3-4-18(15)19-20(23-6-5-22-19)27-9-7-26(8-10-27)14-16-12-24-25(2)13-16/h3-6,11-13H,7-10,14H2,1-2H3. The Bertz CT molecular complexity index is 930. The van der Waals surface area contributed by atoms with E-state index in [9.17, 15) is 4.39 Å². The second-order valence-corrected chi connectivity index (χ2v) is 6.97. The topological polar surface area (TPSA) is 50.1 Å². The summed E-state index contributed by atoms with van der Waals surface area (Å²) in [5, 5.41) is 4.24. The van der Waals surface area contributed by atoms with E-state index in [0.29, 0.717) is 0 Å². The van der Waals surface area contributed by atoms with Crippen molar-refractivity contribution in [2.75, 3.05) is 31.1 Å². The van der Waals surface area contributed by atoms with Crippen LogP contribution in [0.3, 0.4) is 0 Å². The van der Waals surface area contributed by atoms with Gasteiger partial charge in [-0.15, -0.1) is 0 Å². The molecule has 0 bridgehead atoms. The van der Waals surface area contributed by atoms with E-state index < -0.39 is 0 Å². The van der Waals surface area contributed by atoms with Crippen LogP contribution in [0.2, 0.25) is 0 Å². The Kier molecular flexibility index (Phi) is 4.85. The molecule has 1 aromatic carbocycles. The van der Waals surface area contributed by atoms with Gasteiger partial charge >= 0.3 is 0 Å². The highest BCUT2D eigenvalue weighted by Gasteiger charge is 2.22. The first-order chi connectivity index (χ1) is 13.1. The first-order valence-corrected chi connectivity index (χ1v) is 9.12. The number of nitrogens with zero attached hydrogens (tertiary/aromatic N) is 6. The van der Waals surface area contributed by atoms with Gasteiger partial charge in [0.25, 0.3) is 0 Å². The van der Waals surface area contributed by atoms with Crippen LogP contribution in [-0.2, 0) is 13.6 Å². The van der Waals surface area contributed by atoms with Gasteiger partial charge in [-0.05, 0) is 30.7 Å². The van der Waals surface area contributed by atoms with Gasteiger partial charge in [-0.3, -0.25) is 14.6 Å². The number of anilines is 1. The van der Waals surface area contributed by atoms with E-state index >= 15 is 0 Å². The zero-order valence-electron chi connectivity index (χ0n) is 15.6. The summed E-state index contributed by atoms with van der Waals surface area (Å²) in [7, 11) is 1.94. The van der Waals surface area contributed by atoms with E-state index in [4.69, 9.17) is 0 Å². The van der Waals surface area contributed by atoms with Crippen molar-refractivity contribution >= 4 is 5.82 Å². The molecule has 4 rings (SSSR count). The fourth-order valence-corrected chi connectivity index (χ4v) is 3.57. The molecule has 1 aliphatic heterocycles. The Morgan fingerprint density at radius 1 is 1.07 bits per heavy atom. The minimum absolute atomic E-state index is 0.231. The average Bonchev–Trinajstić information content (AvgIpc) is 3.07. The fourth-order valence-electron chi connectivity index (χ4n) is 3.57. The molecule has 1 fully saturated rings. The Hall–Kier alpha value is -2.80. The maximum atomic E-state index is 13.5. The van der Waals surface area contributed by atoms with Crippen molar-refractivity contribution in [1.29, 1.82) is 0 Å². The molecule has 140 valence electrons. The summed E-state index contributed by atoms with van der Waals surface area (Å²) in [4.78, 5) is 13.8. The smallest absolute Gasteiger partial charge is 0.155 e. The maximum Gasteiger partial charge on any atom is 0.155 e. The van der Waals surface area contributed by atoms with Crippen molar-refractivity contribution in [1.82, 2.24) is 24.6 Å². The van der Waals surface area contributed by atoms with Gasteiger partial charge in [0.15, 0.2) is 5.82 Å². The van der Waals surface area contributed by atoms with E-state index in [0.717, 1.165) is 55.4 Å². The number of piperazine rings is 1. The van der Waals surface area contributed by atoms with Crippen LogP contribution in [0, 0.1) is 12.7 Å². The Labute approximate surface area is 158 Å². The minimum Gasteiger partial charge on any atom is -0.352 e.